The van der Waals surface area contributed by atoms with Crippen molar-refractivity contribution in [3.63, 3.8) is 0 Å². The van der Waals surface area contributed by atoms with Gasteiger partial charge in [-0.1, -0.05) is 11.6 Å². The molecular formula is C19H10ClFN4O. The fraction of sp³-hybridized carbons (Fsp3) is 0. The Morgan fingerprint density at radius 1 is 1.08 bits per heavy atom. The first-order valence-electron chi connectivity index (χ1n) is 7.86. The molecule has 26 heavy (non-hydrogen) atoms. The Kier molecular flexibility index (Phi) is 3.11. The molecule has 3 heterocycles. The van der Waals surface area contributed by atoms with Gasteiger partial charge in [0.25, 0.3) is 5.56 Å². The molecule has 0 spiro atoms. The predicted octanol–water partition coefficient (Wildman–Crippen LogP) is 4.16. The number of nitrogens with one attached hydrogen (secondary N) is 1. The van der Waals surface area contributed by atoms with E-state index in [1.54, 1.807) is 42.7 Å². The van der Waals surface area contributed by atoms with Gasteiger partial charge >= 0.3 is 0 Å². The van der Waals surface area contributed by atoms with Crippen LogP contribution in [-0.4, -0.2) is 19.7 Å². The molecule has 0 bridgehead atoms. The molecule has 0 unspecified atom stereocenters. The molecule has 0 saturated carbocycles. The van der Waals surface area contributed by atoms with Gasteiger partial charge in [0, 0.05) is 33.7 Å². The molecule has 2 aromatic carbocycles. The normalized spacial score (nSPS) is 11.6. The summed E-state index contributed by atoms with van der Waals surface area (Å²) in [5.74, 6) is -0.385. The fourth-order valence-electron chi connectivity index (χ4n) is 3.19. The van der Waals surface area contributed by atoms with Crippen molar-refractivity contribution in [1.82, 2.24) is 19.7 Å². The summed E-state index contributed by atoms with van der Waals surface area (Å²) in [6.45, 7) is 0. The van der Waals surface area contributed by atoms with Gasteiger partial charge in [0.2, 0.25) is 0 Å². The van der Waals surface area contributed by atoms with E-state index in [2.05, 4.69) is 15.1 Å². The van der Waals surface area contributed by atoms with Crippen LogP contribution in [0.3, 0.4) is 0 Å². The minimum absolute atomic E-state index is 0.287. The number of aromatic nitrogens is 4. The summed E-state index contributed by atoms with van der Waals surface area (Å²) in [5, 5.41) is 6.35. The number of rotatable bonds is 1. The average molecular weight is 365 g/mol. The van der Waals surface area contributed by atoms with Crippen molar-refractivity contribution in [1.29, 1.82) is 0 Å². The average Bonchev–Trinajstić information content (AvgIpc) is 2.98. The third-order valence-electron chi connectivity index (χ3n) is 4.40. The minimum Gasteiger partial charge on any atom is -0.360 e. The van der Waals surface area contributed by atoms with E-state index in [1.807, 2.05) is 0 Å². The lowest BCUT2D eigenvalue weighted by Crippen LogP contribution is -2.15. The minimum atomic E-state index is -0.385. The zero-order valence-corrected chi connectivity index (χ0v) is 14.0. The maximum absolute atomic E-state index is 13.7. The number of hydrogen-bond donors (Lipinski definition) is 1. The van der Waals surface area contributed by atoms with Crippen LogP contribution in [-0.2, 0) is 0 Å². The topological polar surface area (TPSA) is 63.6 Å². The third kappa shape index (κ3) is 2.12. The second kappa shape index (κ2) is 5.37. The summed E-state index contributed by atoms with van der Waals surface area (Å²) in [7, 11) is 0. The van der Waals surface area contributed by atoms with Crippen LogP contribution in [0, 0.1) is 5.82 Å². The Morgan fingerprint density at radius 2 is 1.96 bits per heavy atom. The molecule has 2 aliphatic heterocycles. The van der Waals surface area contributed by atoms with Gasteiger partial charge in [-0.15, -0.1) is 0 Å². The van der Waals surface area contributed by atoms with Gasteiger partial charge in [-0.05, 0) is 42.5 Å². The molecule has 0 fully saturated rings. The van der Waals surface area contributed by atoms with Crippen molar-refractivity contribution in [2.24, 2.45) is 0 Å². The highest BCUT2D eigenvalue weighted by atomic mass is 35.5. The van der Waals surface area contributed by atoms with Gasteiger partial charge in [0.05, 0.1) is 16.8 Å². The van der Waals surface area contributed by atoms with Crippen molar-refractivity contribution in [3.8, 4) is 16.9 Å². The van der Waals surface area contributed by atoms with Crippen LogP contribution in [0.15, 0.2) is 59.7 Å². The molecule has 0 amide bonds. The summed E-state index contributed by atoms with van der Waals surface area (Å²) < 4.78 is 15.0. The van der Waals surface area contributed by atoms with E-state index in [4.69, 9.17) is 11.6 Å². The SMILES string of the molecule is O=c1c2c[nH]c3ccc(F)cc3c-2nn1-c1ccnc2cc(Cl)ccc12. The highest BCUT2D eigenvalue weighted by Gasteiger charge is 2.20. The van der Waals surface area contributed by atoms with Crippen LogP contribution in [0.1, 0.15) is 0 Å². The van der Waals surface area contributed by atoms with E-state index in [1.165, 1.54) is 16.8 Å². The predicted molar refractivity (Wildman–Crippen MR) is 98.6 cm³/mol. The van der Waals surface area contributed by atoms with Crippen LogP contribution < -0.4 is 5.56 Å². The first-order valence-corrected chi connectivity index (χ1v) is 8.24. The largest absolute Gasteiger partial charge is 0.360 e. The van der Waals surface area contributed by atoms with Crippen LogP contribution in [0.25, 0.3) is 38.8 Å². The fourth-order valence-corrected chi connectivity index (χ4v) is 3.35. The quantitative estimate of drug-likeness (QED) is 0.486. The van der Waals surface area contributed by atoms with Crippen LogP contribution >= 0.6 is 11.6 Å². The summed E-state index contributed by atoms with van der Waals surface area (Å²) in [6.07, 6.45) is 3.20. The lowest BCUT2D eigenvalue weighted by Gasteiger charge is -2.05. The Balaban J connectivity index is 1.87. The molecule has 1 N–H and O–H groups in total. The smallest absolute Gasteiger partial charge is 0.282 e. The van der Waals surface area contributed by atoms with Gasteiger partial charge in [-0.3, -0.25) is 9.78 Å². The van der Waals surface area contributed by atoms with Crippen LogP contribution in [0.5, 0.6) is 0 Å². The van der Waals surface area contributed by atoms with Gasteiger partial charge in [-0.25, -0.2) is 4.39 Å². The van der Waals surface area contributed by atoms with Crippen molar-refractivity contribution >= 4 is 33.4 Å². The number of fused-ring (bicyclic) bond motifs is 4. The molecule has 1 aromatic heterocycles. The van der Waals surface area contributed by atoms with Crippen molar-refractivity contribution in [3.05, 3.63) is 76.1 Å². The van der Waals surface area contributed by atoms with E-state index >= 15 is 0 Å². The van der Waals surface area contributed by atoms with Crippen molar-refractivity contribution in [2.45, 2.75) is 0 Å². The zero-order chi connectivity index (χ0) is 17.8. The third-order valence-corrected chi connectivity index (χ3v) is 4.63. The highest BCUT2D eigenvalue weighted by Crippen LogP contribution is 2.28. The van der Waals surface area contributed by atoms with Gasteiger partial charge in [0.15, 0.2) is 0 Å². The molecule has 0 radical (unpaired) electrons. The second-order valence-corrected chi connectivity index (χ2v) is 6.39. The number of halogens is 2. The maximum atomic E-state index is 13.7. The van der Waals surface area contributed by atoms with E-state index in [0.29, 0.717) is 38.4 Å². The van der Waals surface area contributed by atoms with Gasteiger partial charge in [-0.2, -0.15) is 9.78 Å². The number of H-pyrrole nitrogens is 1. The standard InChI is InChI=1S/C19H10ClFN4O/c20-10-1-3-12-16(7-10)22-6-5-17(12)25-19(26)14-9-23-15-4-2-11(21)8-13(15)18(14)24-25/h1-9,23H. The lowest BCUT2D eigenvalue weighted by atomic mass is 10.1. The Bertz CT molecular complexity index is 1340. The molecule has 0 saturated heterocycles. The number of nitrogens with zero attached hydrogens (tertiary/aromatic N) is 3. The summed E-state index contributed by atoms with van der Waals surface area (Å²) in [5.41, 5.74) is 2.51. The van der Waals surface area contributed by atoms with E-state index in [9.17, 15) is 9.18 Å². The highest BCUT2D eigenvalue weighted by molar-refractivity contribution is 6.31. The number of hydrogen-bond acceptors (Lipinski definition) is 3. The number of benzene rings is 2. The van der Waals surface area contributed by atoms with Crippen LogP contribution in [0.4, 0.5) is 4.39 Å². The Morgan fingerprint density at radius 3 is 2.85 bits per heavy atom. The van der Waals surface area contributed by atoms with E-state index in [-0.39, 0.29) is 11.4 Å². The Labute approximate surface area is 151 Å². The molecule has 0 aliphatic carbocycles. The van der Waals surface area contributed by atoms with Gasteiger partial charge < -0.3 is 4.98 Å². The van der Waals surface area contributed by atoms with Crippen molar-refractivity contribution < 1.29 is 4.39 Å². The first-order chi connectivity index (χ1) is 12.6. The molecule has 7 heteroatoms. The number of pyridine rings is 2. The molecule has 3 aromatic rings. The molecule has 126 valence electrons. The van der Waals surface area contributed by atoms with Crippen LogP contribution in [0.2, 0.25) is 5.02 Å². The summed E-state index contributed by atoms with van der Waals surface area (Å²) >= 11 is 6.03. The van der Waals surface area contributed by atoms with E-state index in [0.717, 1.165) is 5.39 Å². The zero-order valence-electron chi connectivity index (χ0n) is 13.2. The van der Waals surface area contributed by atoms with Crippen molar-refractivity contribution in [2.75, 3.05) is 0 Å². The monoisotopic (exact) mass is 364 g/mol. The lowest BCUT2D eigenvalue weighted by molar-refractivity contribution is 0.629. The number of aromatic amines is 1. The van der Waals surface area contributed by atoms with E-state index < -0.39 is 0 Å². The molecular weight excluding hydrogens is 355 g/mol. The molecule has 2 aliphatic rings. The maximum Gasteiger partial charge on any atom is 0.282 e. The second-order valence-electron chi connectivity index (χ2n) is 5.95. The Hall–Kier alpha value is -3.25. The first kappa shape index (κ1) is 15.0. The molecule has 0 atom stereocenters. The molecule has 5 rings (SSSR count). The summed E-state index contributed by atoms with van der Waals surface area (Å²) in [4.78, 5) is 20.2. The van der Waals surface area contributed by atoms with Gasteiger partial charge in [0.1, 0.15) is 11.5 Å². The summed E-state index contributed by atoms with van der Waals surface area (Å²) in [6, 6.07) is 11.3. The molecule has 5 nitrogen and oxygen atoms in total.